The van der Waals surface area contributed by atoms with Gasteiger partial charge in [0.2, 0.25) is 0 Å². The molecule has 1 amide bonds. The number of hydrogen-bond donors (Lipinski definition) is 2. The number of carbonyl (C=O) groups is 1. The molecule has 2 fully saturated rings. The van der Waals surface area contributed by atoms with Crippen molar-refractivity contribution in [3.8, 4) is 0 Å². The lowest BCUT2D eigenvalue weighted by Gasteiger charge is -2.35. The van der Waals surface area contributed by atoms with Crippen molar-refractivity contribution < 1.29 is 4.79 Å². The maximum atomic E-state index is 12.2. The number of carbonyl (C=O) groups excluding carboxylic acids is 1. The highest BCUT2D eigenvalue weighted by molar-refractivity contribution is 5.94. The van der Waals surface area contributed by atoms with E-state index in [9.17, 15) is 4.79 Å². The molecule has 1 aromatic carbocycles. The van der Waals surface area contributed by atoms with Crippen molar-refractivity contribution in [1.29, 1.82) is 0 Å². The van der Waals surface area contributed by atoms with Crippen molar-refractivity contribution in [2.75, 3.05) is 44.2 Å². The van der Waals surface area contributed by atoms with Crippen LogP contribution in [0.5, 0.6) is 0 Å². The van der Waals surface area contributed by atoms with Crippen LogP contribution in [-0.4, -0.2) is 56.1 Å². The minimum atomic E-state index is -0.0246. The number of nitrogens with zero attached hydrogens (tertiary/aromatic N) is 2. The van der Waals surface area contributed by atoms with Crippen LogP contribution in [0, 0.1) is 5.92 Å². The lowest BCUT2D eigenvalue weighted by molar-refractivity contribution is 0.0950. The molecule has 1 aliphatic carbocycles. The molecule has 142 valence electrons. The lowest BCUT2D eigenvalue weighted by atomic mass is 10.1. The number of rotatable bonds is 6. The lowest BCUT2D eigenvalue weighted by Crippen LogP contribution is -2.46. The van der Waals surface area contributed by atoms with Crippen LogP contribution in [0.1, 0.15) is 30.1 Å². The fourth-order valence-electron chi connectivity index (χ4n) is 3.15. The third-order valence-electron chi connectivity index (χ3n) is 5.04. The van der Waals surface area contributed by atoms with Gasteiger partial charge in [0.1, 0.15) is 0 Å². The molecule has 5 nitrogen and oxygen atoms in total. The molecule has 1 unspecified atom stereocenters. The summed E-state index contributed by atoms with van der Waals surface area (Å²) in [6, 6.07) is 8.04. The summed E-state index contributed by atoms with van der Waals surface area (Å²) in [5, 5.41) is 2.95. The molecule has 0 bridgehead atoms. The smallest absolute Gasteiger partial charge is 0.251 e. The van der Waals surface area contributed by atoms with E-state index in [0.29, 0.717) is 18.0 Å². The summed E-state index contributed by atoms with van der Waals surface area (Å²) in [7, 11) is 0. The number of likely N-dealkylation sites (N-methyl/N-ethyl adjacent to an activating group) is 1. The van der Waals surface area contributed by atoms with Gasteiger partial charge in [0.15, 0.2) is 0 Å². The van der Waals surface area contributed by atoms with E-state index in [0.717, 1.165) is 32.7 Å². The van der Waals surface area contributed by atoms with E-state index in [2.05, 4.69) is 34.2 Å². The van der Waals surface area contributed by atoms with Gasteiger partial charge in [-0.2, -0.15) is 0 Å². The van der Waals surface area contributed by atoms with Crippen LogP contribution in [0.2, 0.25) is 0 Å². The van der Waals surface area contributed by atoms with Gasteiger partial charge in [-0.1, -0.05) is 6.92 Å². The summed E-state index contributed by atoms with van der Waals surface area (Å²) in [6.45, 7) is 8.22. The average molecular weight is 389 g/mol. The molecule has 1 atom stereocenters. The number of halogens is 2. The van der Waals surface area contributed by atoms with E-state index in [1.54, 1.807) is 0 Å². The number of nitrogens with one attached hydrogen (secondary N) is 1. The molecule has 0 aromatic heterocycles. The highest BCUT2D eigenvalue weighted by Crippen LogP contribution is 2.31. The van der Waals surface area contributed by atoms with Gasteiger partial charge < -0.3 is 20.9 Å². The van der Waals surface area contributed by atoms with E-state index in [4.69, 9.17) is 5.73 Å². The molecule has 25 heavy (non-hydrogen) atoms. The van der Waals surface area contributed by atoms with Crippen molar-refractivity contribution in [2.24, 2.45) is 11.7 Å². The van der Waals surface area contributed by atoms with Gasteiger partial charge in [-0.05, 0) is 49.6 Å². The molecular formula is C18H30Cl2N4O. The van der Waals surface area contributed by atoms with Gasteiger partial charge in [0.25, 0.3) is 5.91 Å². The summed E-state index contributed by atoms with van der Waals surface area (Å²) in [5.41, 5.74) is 7.94. The molecule has 1 saturated carbocycles. The zero-order valence-electron chi connectivity index (χ0n) is 14.8. The topological polar surface area (TPSA) is 61.6 Å². The Labute approximate surface area is 163 Å². The predicted octanol–water partition coefficient (Wildman–Crippen LogP) is 2.14. The van der Waals surface area contributed by atoms with Crippen LogP contribution in [0.25, 0.3) is 0 Å². The molecule has 1 heterocycles. The second kappa shape index (κ2) is 10.2. The van der Waals surface area contributed by atoms with Gasteiger partial charge in [-0.15, -0.1) is 24.8 Å². The molecule has 1 saturated heterocycles. The van der Waals surface area contributed by atoms with Crippen LogP contribution in [-0.2, 0) is 0 Å². The van der Waals surface area contributed by atoms with Crippen molar-refractivity contribution in [3.05, 3.63) is 29.8 Å². The monoisotopic (exact) mass is 388 g/mol. The van der Waals surface area contributed by atoms with Gasteiger partial charge in [0.05, 0.1) is 0 Å². The zero-order valence-corrected chi connectivity index (χ0v) is 16.5. The predicted molar refractivity (Wildman–Crippen MR) is 108 cm³/mol. The van der Waals surface area contributed by atoms with Gasteiger partial charge >= 0.3 is 0 Å². The van der Waals surface area contributed by atoms with Crippen molar-refractivity contribution in [3.63, 3.8) is 0 Å². The van der Waals surface area contributed by atoms with Crippen LogP contribution >= 0.6 is 24.8 Å². The van der Waals surface area contributed by atoms with Crippen molar-refractivity contribution in [2.45, 2.75) is 25.8 Å². The molecule has 3 N–H and O–H groups in total. The minimum absolute atomic E-state index is 0. The third kappa shape index (κ3) is 6.03. The van der Waals surface area contributed by atoms with E-state index in [-0.39, 0.29) is 36.8 Å². The molecule has 3 rings (SSSR count). The van der Waals surface area contributed by atoms with Crippen molar-refractivity contribution in [1.82, 2.24) is 10.2 Å². The number of nitrogens with two attached hydrogens (primary N) is 1. The van der Waals surface area contributed by atoms with E-state index in [1.807, 2.05) is 12.1 Å². The summed E-state index contributed by atoms with van der Waals surface area (Å²) >= 11 is 0. The number of piperazine rings is 1. The number of amides is 1. The molecule has 2 aliphatic rings. The highest BCUT2D eigenvalue weighted by atomic mass is 35.5. The first-order valence-electron chi connectivity index (χ1n) is 8.78. The average Bonchev–Trinajstić information content (AvgIpc) is 3.45. The van der Waals surface area contributed by atoms with Crippen LogP contribution in [0.15, 0.2) is 24.3 Å². The fourth-order valence-corrected chi connectivity index (χ4v) is 3.15. The Morgan fingerprint density at radius 3 is 2.28 bits per heavy atom. The van der Waals surface area contributed by atoms with Gasteiger partial charge in [0, 0.05) is 50.0 Å². The normalized spacial score (nSPS) is 18.7. The highest BCUT2D eigenvalue weighted by Gasteiger charge is 2.28. The van der Waals surface area contributed by atoms with E-state index >= 15 is 0 Å². The Balaban J connectivity index is 0.00000156. The number of benzene rings is 1. The van der Waals surface area contributed by atoms with Crippen LogP contribution in [0.3, 0.4) is 0 Å². The van der Waals surface area contributed by atoms with Crippen LogP contribution < -0.4 is 16.0 Å². The molecule has 1 aromatic rings. The Hall–Kier alpha value is -1.01. The summed E-state index contributed by atoms with van der Waals surface area (Å²) in [4.78, 5) is 17.0. The quantitative estimate of drug-likeness (QED) is 0.783. The first kappa shape index (κ1) is 22.0. The van der Waals surface area contributed by atoms with Crippen molar-refractivity contribution >= 4 is 36.4 Å². The SMILES string of the molecule is CCN1CCN(c2ccc(C(=O)NCC(N)C3CC3)cc2)CC1.Cl.Cl. The molecule has 0 radical (unpaired) electrons. The zero-order chi connectivity index (χ0) is 16.2. The third-order valence-corrected chi connectivity index (χ3v) is 5.04. The summed E-state index contributed by atoms with van der Waals surface area (Å²) < 4.78 is 0. The first-order chi connectivity index (χ1) is 11.2. The van der Waals surface area contributed by atoms with Crippen LogP contribution in [0.4, 0.5) is 5.69 Å². The second-order valence-electron chi connectivity index (χ2n) is 6.68. The molecule has 7 heteroatoms. The summed E-state index contributed by atoms with van der Waals surface area (Å²) in [6.07, 6.45) is 2.41. The standard InChI is InChI=1S/C18H28N4O.2ClH/c1-2-21-9-11-22(12-10-21)16-7-5-15(6-8-16)18(23)20-13-17(19)14-3-4-14;;/h5-8,14,17H,2-4,9-13,19H2,1H3,(H,20,23);2*1H. The fraction of sp³-hybridized carbons (Fsp3) is 0.611. The largest absolute Gasteiger partial charge is 0.369 e. The molecule has 0 spiro atoms. The Kier molecular flexibility index (Phi) is 9.00. The van der Waals surface area contributed by atoms with E-state index < -0.39 is 0 Å². The molecular weight excluding hydrogens is 359 g/mol. The Morgan fingerprint density at radius 2 is 1.76 bits per heavy atom. The summed E-state index contributed by atoms with van der Waals surface area (Å²) in [5.74, 6) is 0.586. The van der Waals surface area contributed by atoms with Gasteiger partial charge in [-0.3, -0.25) is 4.79 Å². The maximum absolute atomic E-state index is 12.2. The number of anilines is 1. The van der Waals surface area contributed by atoms with Gasteiger partial charge in [-0.25, -0.2) is 0 Å². The Bertz CT molecular complexity index is 528. The maximum Gasteiger partial charge on any atom is 0.251 e. The first-order valence-corrected chi connectivity index (χ1v) is 8.78. The second-order valence-corrected chi connectivity index (χ2v) is 6.68. The van der Waals surface area contributed by atoms with E-state index in [1.165, 1.54) is 18.5 Å². The molecule has 1 aliphatic heterocycles. The number of hydrogen-bond acceptors (Lipinski definition) is 4. The minimum Gasteiger partial charge on any atom is -0.369 e. The Morgan fingerprint density at radius 1 is 1.16 bits per heavy atom.